The maximum atomic E-state index is 12.6. The Bertz CT molecular complexity index is 1110. The van der Waals surface area contributed by atoms with Gasteiger partial charge in [-0.3, -0.25) is 4.79 Å². The summed E-state index contributed by atoms with van der Waals surface area (Å²) in [5.74, 6) is -1.36. The lowest BCUT2D eigenvalue weighted by molar-refractivity contribution is -0.119. The van der Waals surface area contributed by atoms with E-state index in [1.807, 2.05) is 30.3 Å². The molecule has 1 heterocycles. The second kappa shape index (κ2) is 8.25. The second-order valence-corrected chi connectivity index (χ2v) is 10.8. The van der Waals surface area contributed by atoms with Crippen molar-refractivity contribution >= 4 is 31.6 Å². The minimum absolute atomic E-state index is 0.0676. The fourth-order valence-corrected chi connectivity index (χ4v) is 6.48. The predicted molar refractivity (Wildman–Crippen MR) is 112 cm³/mol. The van der Waals surface area contributed by atoms with Crippen LogP contribution in [0.2, 0.25) is 0 Å². The lowest BCUT2D eigenvalue weighted by Gasteiger charge is -2.17. The highest BCUT2D eigenvalue weighted by Gasteiger charge is 2.42. The van der Waals surface area contributed by atoms with E-state index in [9.17, 15) is 21.6 Å². The molecule has 1 aliphatic rings. The molecule has 1 N–H and O–H groups in total. The Morgan fingerprint density at radius 2 is 1.83 bits per heavy atom. The average Bonchev–Trinajstić information content (AvgIpc) is 2.86. The van der Waals surface area contributed by atoms with Gasteiger partial charge < -0.3 is 0 Å². The number of hydrogen-bond donors (Lipinski definition) is 1. The first kappa shape index (κ1) is 21.5. The molecule has 1 amide bonds. The van der Waals surface area contributed by atoms with Gasteiger partial charge >= 0.3 is 0 Å². The number of carbonyl (C=O) groups excluding carboxylic acids is 1. The molecule has 0 spiro atoms. The molecular formula is C20H24N2O5S2. The zero-order chi connectivity index (χ0) is 21.2. The highest BCUT2D eigenvalue weighted by atomic mass is 32.2. The molecule has 0 aromatic heterocycles. The summed E-state index contributed by atoms with van der Waals surface area (Å²) >= 11 is 0. The summed E-state index contributed by atoms with van der Waals surface area (Å²) in [6, 6.07) is 13.9. The Kier molecular flexibility index (Phi) is 6.11. The number of nitrogens with one attached hydrogen (secondary N) is 1. The molecule has 29 heavy (non-hydrogen) atoms. The van der Waals surface area contributed by atoms with Crippen molar-refractivity contribution in [2.45, 2.75) is 31.6 Å². The quantitative estimate of drug-likeness (QED) is 0.671. The van der Waals surface area contributed by atoms with Crippen molar-refractivity contribution in [3.63, 3.8) is 0 Å². The average molecular weight is 437 g/mol. The van der Waals surface area contributed by atoms with Crippen molar-refractivity contribution in [2.75, 3.05) is 16.6 Å². The van der Waals surface area contributed by atoms with Gasteiger partial charge in [0.15, 0.2) is 0 Å². The van der Waals surface area contributed by atoms with Crippen molar-refractivity contribution < 1.29 is 21.6 Å². The zero-order valence-electron chi connectivity index (χ0n) is 16.3. The third-order valence-electron chi connectivity index (χ3n) is 4.82. The Balaban J connectivity index is 1.71. The molecule has 0 aliphatic carbocycles. The Morgan fingerprint density at radius 1 is 1.14 bits per heavy atom. The highest BCUT2D eigenvalue weighted by molar-refractivity contribution is 7.94. The van der Waals surface area contributed by atoms with Gasteiger partial charge in [-0.1, -0.05) is 37.3 Å². The van der Waals surface area contributed by atoms with Gasteiger partial charge in [0.05, 0.1) is 22.3 Å². The van der Waals surface area contributed by atoms with E-state index < -0.39 is 31.9 Å². The first-order valence-electron chi connectivity index (χ1n) is 9.33. The summed E-state index contributed by atoms with van der Waals surface area (Å²) in [6.07, 6.45) is 1.41. The van der Waals surface area contributed by atoms with Gasteiger partial charge in [-0.2, -0.15) is 0 Å². The lowest BCUT2D eigenvalue weighted by Crippen LogP contribution is -2.30. The Morgan fingerprint density at radius 3 is 2.41 bits per heavy atom. The fraction of sp³-hybridized carbons (Fsp3) is 0.350. The van der Waals surface area contributed by atoms with Crippen LogP contribution in [0.3, 0.4) is 0 Å². The highest BCUT2D eigenvalue weighted by Crippen LogP contribution is 2.30. The molecule has 7 nitrogen and oxygen atoms in total. The van der Waals surface area contributed by atoms with Crippen LogP contribution in [0, 0.1) is 12.8 Å². The van der Waals surface area contributed by atoms with Crippen LogP contribution in [0.25, 0.3) is 0 Å². The number of benzene rings is 2. The molecular weight excluding hydrogens is 412 g/mol. The molecule has 1 fully saturated rings. The van der Waals surface area contributed by atoms with Crippen LogP contribution in [-0.4, -0.2) is 35.0 Å². The monoisotopic (exact) mass is 436 g/mol. The van der Waals surface area contributed by atoms with Crippen LogP contribution in [0.4, 0.5) is 5.69 Å². The van der Waals surface area contributed by atoms with E-state index in [1.165, 1.54) is 18.2 Å². The van der Waals surface area contributed by atoms with E-state index >= 15 is 0 Å². The van der Waals surface area contributed by atoms with Crippen LogP contribution in [0.15, 0.2) is 53.4 Å². The molecule has 2 aromatic carbocycles. The number of nitrogens with zero attached hydrogens (tertiary/aromatic N) is 1. The topological polar surface area (TPSA) is 101 Å². The minimum Gasteiger partial charge on any atom is -0.273 e. The molecule has 1 aliphatic heterocycles. The molecule has 156 valence electrons. The maximum absolute atomic E-state index is 12.6. The van der Waals surface area contributed by atoms with E-state index in [-0.39, 0.29) is 22.9 Å². The molecule has 1 saturated heterocycles. The van der Waals surface area contributed by atoms with E-state index in [2.05, 4.69) is 4.72 Å². The zero-order valence-corrected chi connectivity index (χ0v) is 18.0. The van der Waals surface area contributed by atoms with Crippen molar-refractivity contribution in [3.8, 4) is 0 Å². The third-order valence-corrected chi connectivity index (χ3v) is 8.31. The molecule has 0 radical (unpaired) electrons. The summed E-state index contributed by atoms with van der Waals surface area (Å²) in [5.41, 5.74) is 1.68. The van der Waals surface area contributed by atoms with E-state index in [0.29, 0.717) is 12.0 Å². The fourth-order valence-electron chi connectivity index (χ4n) is 3.37. The molecule has 3 rings (SSSR count). The number of aryl methyl sites for hydroxylation is 2. The summed E-state index contributed by atoms with van der Waals surface area (Å²) < 4.78 is 53.1. The lowest BCUT2D eigenvalue weighted by atomic mass is 10.1. The van der Waals surface area contributed by atoms with Gasteiger partial charge in [-0.05, 0) is 49.1 Å². The van der Waals surface area contributed by atoms with Gasteiger partial charge in [-0.15, -0.1) is 0 Å². The van der Waals surface area contributed by atoms with Crippen LogP contribution < -0.4 is 9.03 Å². The normalized spacial score (nSPS) is 18.9. The third kappa shape index (κ3) is 4.68. The summed E-state index contributed by atoms with van der Waals surface area (Å²) in [6.45, 7) is 3.43. The van der Waals surface area contributed by atoms with Gasteiger partial charge in [0.25, 0.3) is 0 Å². The molecule has 1 unspecified atom stereocenters. The van der Waals surface area contributed by atoms with E-state index in [1.54, 1.807) is 13.8 Å². The number of carbonyl (C=O) groups is 1. The van der Waals surface area contributed by atoms with Crippen LogP contribution >= 0.6 is 0 Å². The van der Waals surface area contributed by atoms with E-state index in [4.69, 9.17) is 0 Å². The molecule has 2 aromatic rings. The minimum atomic E-state index is -3.74. The second-order valence-electron chi connectivity index (χ2n) is 7.22. The standard InChI is InChI=1S/C20H24N2O5S2/c1-15-13-18(22-20(23)16(2)14-28(22,24)25)10-11-19(15)29(26,27)21-12-6-9-17-7-4-3-5-8-17/h3-5,7-8,10-11,13,16,21H,6,9,12,14H2,1-2H3. The number of anilines is 1. The van der Waals surface area contributed by atoms with Crippen molar-refractivity contribution in [1.29, 1.82) is 0 Å². The summed E-state index contributed by atoms with van der Waals surface area (Å²) in [7, 11) is -7.47. The van der Waals surface area contributed by atoms with Crippen LogP contribution in [-0.2, 0) is 31.3 Å². The predicted octanol–water partition coefficient (Wildman–Crippen LogP) is 2.22. The SMILES string of the molecule is Cc1cc(N2C(=O)C(C)CS2(=O)=O)ccc1S(=O)(=O)NCCCc1ccccc1. The Hall–Kier alpha value is -2.23. The van der Waals surface area contributed by atoms with Crippen molar-refractivity contribution in [3.05, 3.63) is 59.7 Å². The van der Waals surface area contributed by atoms with Gasteiger partial charge in [-0.25, -0.2) is 25.9 Å². The summed E-state index contributed by atoms with van der Waals surface area (Å²) in [5, 5.41) is 0. The molecule has 1 atom stereocenters. The Labute approximate surface area is 171 Å². The largest absolute Gasteiger partial charge is 0.273 e. The van der Waals surface area contributed by atoms with Crippen LogP contribution in [0.1, 0.15) is 24.5 Å². The molecule has 9 heteroatoms. The molecule has 0 saturated carbocycles. The molecule has 0 bridgehead atoms. The number of rotatable bonds is 7. The number of sulfonamides is 2. The van der Waals surface area contributed by atoms with Gasteiger partial charge in [0, 0.05) is 6.54 Å². The number of amides is 1. The maximum Gasteiger partial charge on any atom is 0.244 e. The van der Waals surface area contributed by atoms with Crippen molar-refractivity contribution in [2.24, 2.45) is 5.92 Å². The first-order valence-corrected chi connectivity index (χ1v) is 12.4. The van der Waals surface area contributed by atoms with Gasteiger partial charge in [0.2, 0.25) is 26.0 Å². The smallest absolute Gasteiger partial charge is 0.244 e. The van der Waals surface area contributed by atoms with Crippen LogP contribution in [0.5, 0.6) is 0 Å². The first-order chi connectivity index (χ1) is 13.6. The van der Waals surface area contributed by atoms with Crippen molar-refractivity contribution in [1.82, 2.24) is 4.72 Å². The summed E-state index contributed by atoms with van der Waals surface area (Å²) in [4.78, 5) is 12.3. The number of hydrogen-bond acceptors (Lipinski definition) is 5. The van der Waals surface area contributed by atoms with E-state index in [0.717, 1.165) is 16.3 Å². The van der Waals surface area contributed by atoms with Gasteiger partial charge in [0.1, 0.15) is 0 Å².